The molecule has 0 aliphatic carbocycles. The fourth-order valence-corrected chi connectivity index (χ4v) is 3.58. The molecule has 0 aromatic heterocycles. The van der Waals surface area contributed by atoms with E-state index in [2.05, 4.69) is 4.72 Å². The molecule has 1 N–H and O–H groups in total. The second kappa shape index (κ2) is 7.03. The van der Waals surface area contributed by atoms with Gasteiger partial charge in [-0.2, -0.15) is 0 Å². The van der Waals surface area contributed by atoms with Gasteiger partial charge >= 0.3 is 0 Å². The molecule has 3 aromatic rings. The predicted molar refractivity (Wildman–Crippen MR) is 95.6 cm³/mol. The average molecular weight is 341 g/mol. The normalized spacial score (nSPS) is 11.5. The van der Waals surface area contributed by atoms with E-state index >= 15 is 0 Å². The second-order valence-electron chi connectivity index (χ2n) is 5.37. The Bertz CT molecular complexity index is 951. The topological polar surface area (TPSA) is 55.4 Å². The van der Waals surface area contributed by atoms with Gasteiger partial charge in [0, 0.05) is 12.1 Å². The minimum atomic E-state index is -3.59. The van der Waals surface area contributed by atoms with Crippen molar-refractivity contribution in [3.05, 3.63) is 72.3 Å². The van der Waals surface area contributed by atoms with E-state index in [0.717, 1.165) is 16.3 Å². The molecule has 3 rings (SSSR count). The minimum Gasteiger partial charge on any atom is -0.494 e. The van der Waals surface area contributed by atoms with E-state index in [1.807, 2.05) is 61.5 Å². The third kappa shape index (κ3) is 3.58. The Kier molecular flexibility index (Phi) is 4.83. The number of fused-ring (bicyclic) bond motifs is 1. The molecule has 0 unspecified atom stereocenters. The summed E-state index contributed by atoms with van der Waals surface area (Å²) in [7, 11) is -3.59. The number of nitrogens with one attached hydrogen (secondary N) is 1. The first kappa shape index (κ1) is 16.5. The second-order valence-corrected chi connectivity index (χ2v) is 7.14. The van der Waals surface area contributed by atoms with Gasteiger partial charge in [-0.3, -0.25) is 0 Å². The lowest BCUT2D eigenvalue weighted by molar-refractivity contribution is 0.336. The van der Waals surface area contributed by atoms with Crippen molar-refractivity contribution in [3.8, 4) is 5.75 Å². The lowest BCUT2D eigenvalue weighted by atomic mass is 10.1. The SMILES string of the molecule is CCOc1ccccc1CNS(=O)(=O)c1ccc2ccccc2c1. The third-order valence-corrected chi connectivity index (χ3v) is 5.16. The molecule has 0 bridgehead atoms. The van der Waals surface area contributed by atoms with Crippen LogP contribution in [-0.4, -0.2) is 15.0 Å². The zero-order valence-corrected chi connectivity index (χ0v) is 14.2. The van der Waals surface area contributed by atoms with Crippen LogP contribution < -0.4 is 9.46 Å². The molecule has 24 heavy (non-hydrogen) atoms. The first-order chi connectivity index (χ1) is 11.6. The molecule has 124 valence electrons. The molecule has 0 spiro atoms. The van der Waals surface area contributed by atoms with Crippen LogP contribution in [0.4, 0.5) is 0 Å². The summed E-state index contributed by atoms with van der Waals surface area (Å²) >= 11 is 0. The lowest BCUT2D eigenvalue weighted by Gasteiger charge is -2.11. The van der Waals surface area contributed by atoms with Gasteiger partial charge in [0.25, 0.3) is 0 Å². The van der Waals surface area contributed by atoms with E-state index in [1.54, 1.807) is 12.1 Å². The van der Waals surface area contributed by atoms with E-state index in [-0.39, 0.29) is 11.4 Å². The fraction of sp³-hybridized carbons (Fsp3) is 0.158. The van der Waals surface area contributed by atoms with Crippen LogP contribution >= 0.6 is 0 Å². The number of para-hydroxylation sites is 1. The summed E-state index contributed by atoms with van der Waals surface area (Å²) < 4.78 is 33.3. The number of benzene rings is 3. The van der Waals surface area contributed by atoms with Crippen LogP contribution in [0.5, 0.6) is 5.75 Å². The standard InChI is InChI=1S/C19H19NO3S/c1-2-23-19-10-6-5-9-17(19)14-20-24(21,22)18-12-11-15-7-3-4-8-16(15)13-18/h3-13,20H,2,14H2,1H3. The van der Waals surface area contributed by atoms with Gasteiger partial charge in [0.15, 0.2) is 0 Å². The molecule has 0 aliphatic rings. The predicted octanol–water partition coefficient (Wildman–Crippen LogP) is 3.72. The van der Waals surface area contributed by atoms with Gasteiger partial charge in [0.05, 0.1) is 11.5 Å². The quantitative estimate of drug-likeness (QED) is 0.743. The number of rotatable bonds is 6. The van der Waals surface area contributed by atoms with Gasteiger partial charge in [0.1, 0.15) is 5.75 Å². The zero-order chi connectivity index (χ0) is 17.0. The van der Waals surface area contributed by atoms with E-state index in [9.17, 15) is 8.42 Å². The molecule has 3 aromatic carbocycles. The maximum absolute atomic E-state index is 12.6. The Morgan fingerprint density at radius 3 is 2.42 bits per heavy atom. The first-order valence-electron chi connectivity index (χ1n) is 7.79. The van der Waals surface area contributed by atoms with Gasteiger partial charge in [-0.25, -0.2) is 13.1 Å². The Balaban J connectivity index is 1.83. The molecule has 0 saturated heterocycles. The number of hydrogen-bond acceptors (Lipinski definition) is 3. The Morgan fingerprint density at radius 2 is 1.62 bits per heavy atom. The molecule has 4 nitrogen and oxygen atoms in total. The summed E-state index contributed by atoms with van der Waals surface area (Å²) in [6.07, 6.45) is 0. The van der Waals surface area contributed by atoms with Crippen molar-refractivity contribution in [1.29, 1.82) is 0 Å². The summed E-state index contributed by atoms with van der Waals surface area (Å²) in [5.41, 5.74) is 0.809. The molecule has 5 heteroatoms. The van der Waals surface area contributed by atoms with Gasteiger partial charge in [0.2, 0.25) is 10.0 Å². The summed E-state index contributed by atoms with van der Waals surface area (Å²) in [4.78, 5) is 0.259. The van der Waals surface area contributed by atoms with E-state index in [1.165, 1.54) is 0 Å². The smallest absolute Gasteiger partial charge is 0.240 e. The van der Waals surface area contributed by atoms with Gasteiger partial charge < -0.3 is 4.74 Å². The molecular weight excluding hydrogens is 322 g/mol. The molecule has 0 aliphatic heterocycles. The molecule has 0 fully saturated rings. The van der Waals surface area contributed by atoms with Crippen LogP contribution in [0.15, 0.2) is 71.6 Å². The van der Waals surface area contributed by atoms with Crippen molar-refractivity contribution in [2.45, 2.75) is 18.4 Å². The van der Waals surface area contributed by atoms with Crippen LogP contribution in [0.25, 0.3) is 10.8 Å². The summed E-state index contributed by atoms with van der Waals surface area (Å²) in [6.45, 7) is 2.62. The maximum Gasteiger partial charge on any atom is 0.240 e. The van der Waals surface area contributed by atoms with E-state index < -0.39 is 10.0 Å². The highest BCUT2D eigenvalue weighted by Crippen LogP contribution is 2.21. The maximum atomic E-state index is 12.6. The van der Waals surface area contributed by atoms with Crippen LogP contribution in [-0.2, 0) is 16.6 Å². The number of hydrogen-bond donors (Lipinski definition) is 1. The number of ether oxygens (including phenoxy) is 1. The van der Waals surface area contributed by atoms with Crippen molar-refractivity contribution in [2.24, 2.45) is 0 Å². The highest BCUT2D eigenvalue weighted by atomic mass is 32.2. The summed E-state index contributed by atoms with van der Waals surface area (Å²) in [5, 5.41) is 1.91. The van der Waals surface area contributed by atoms with Gasteiger partial charge in [-0.05, 0) is 35.9 Å². The van der Waals surface area contributed by atoms with E-state index in [0.29, 0.717) is 12.4 Å². The van der Waals surface area contributed by atoms with Gasteiger partial charge in [-0.15, -0.1) is 0 Å². The average Bonchev–Trinajstić information content (AvgIpc) is 2.61. The largest absolute Gasteiger partial charge is 0.494 e. The molecular formula is C19H19NO3S. The fourth-order valence-electron chi connectivity index (χ4n) is 2.54. The van der Waals surface area contributed by atoms with Gasteiger partial charge in [-0.1, -0.05) is 48.5 Å². The Labute approximate surface area is 142 Å². The Morgan fingerprint density at radius 1 is 0.917 bits per heavy atom. The summed E-state index contributed by atoms with van der Waals surface area (Å²) in [5.74, 6) is 0.696. The van der Waals surface area contributed by atoms with E-state index in [4.69, 9.17) is 4.74 Å². The lowest BCUT2D eigenvalue weighted by Crippen LogP contribution is -2.23. The molecule has 0 heterocycles. The molecule has 0 atom stereocenters. The third-order valence-electron chi connectivity index (χ3n) is 3.76. The molecule has 0 amide bonds. The Hall–Kier alpha value is -2.37. The van der Waals surface area contributed by atoms with Crippen LogP contribution in [0.1, 0.15) is 12.5 Å². The highest BCUT2D eigenvalue weighted by Gasteiger charge is 2.15. The molecule has 0 radical (unpaired) electrons. The first-order valence-corrected chi connectivity index (χ1v) is 9.27. The molecule has 0 saturated carbocycles. The zero-order valence-electron chi connectivity index (χ0n) is 13.4. The van der Waals surface area contributed by atoms with Crippen LogP contribution in [0, 0.1) is 0 Å². The van der Waals surface area contributed by atoms with Crippen LogP contribution in [0.2, 0.25) is 0 Å². The van der Waals surface area contributed by atoms with Crippen molar-refractivity contribution in [3.63, 3.8) is 0 Å². The number of sulfonamides is 1. The van der Waals surface area contributed by atoms with Crippen molar-refractivity contribution in [2.75, 3.05) is 6.61 Å². The van der Waals surface area contributed by atoms with Crippen molar-refractivity contribution < 1.29 is 13.2 Å². The minimum absolute atomic E-state index is 0.186. The van der Waals surface area contributed by atoms with Crippen molar-refractivity contribution >= 4 is 20.8 Å². The van der Waals surface area contributed by atoms with Crippen LogP contribution in [0.3, 0.4) is 0 Å². The summed E-state index contributed by atoms with van der Waals surface area (Å²) in [6, 6.07) is 20.2. The van der Waals surface area contributed by atoms with Crippen molar-refractivity contribution in [1.82, 2.24) is 4.72 Å². The monoisotopic (exact) mass is 341 g/mol. The highest BCUT2D eigenvalue weighted by molar-refractivity contribution is 7.89.